The molecule has 0 unspecified atom stereocenters. The number of anilines is 1. The van der Waals surface area contributed by atoms with Crippen molar-refractivity contribution in [2.75, 3.05) is 5.32 Å². The van der Waals surface area contributed by atoms with Gasteiger partial charge in [0.2, 0.25) is 0 Å². The lowest BCUT2D eigenvalue weighted by molar-refractivity contribution is -0.143. The van der Waals surface area contributed by atoms with Gasteiger partial charge in [0.1, 0.15) is 4.99 Å². The summed E-state index contributed by atoms with van der Waals surface area (Å²) in [6.07, 6.45) is -10.00. The molecule has 2 rings (SSSR count). The molecule has 2 aromatic rings. The Labute approximate surface area is 182 Å². The Morgan fingerprint density at radius 3 is 1.93 bits per heavy atom. The van der Waals surface area contributed by atoms with Crippen molar-refractivity contribution in [3.63, 3.8) is 0 Å². The second kappa shape index (κ2) is 8.60. The zero-order valence-electron chi connectivity index (χ0n) is 14.1. The molecule has 0 fully saturated rings. The van der Waals surface area contributed by atoms with Crippen LogP contribution in [0.1, 0.15) is 23.6 Å². The number of carbonyl (C=O) groups excluding carboxylic acids is 1. The minimum atomic E-state index is -5.00. The van der Waals surface area contributed by atoms with Gasteiger partial charge in [-0.3, -0.25) is 4.79 Å². The molecule has 0 saturated heterocycles. The van der Waals surface area contributed by atoms with Crippen LogP contribution in [0.4, 0.5) is 32.0 Å². The molecule has 0 amide bonds. The van der Waals surface area contributed by atoms with Crippen molar-refractivity contribution in [2.45, 2.75) is 19.3 Å². The summed E-state index contributed by atoms with van der Waals surface area (Å²) >= 11 is 11.5. The van der Waals surface area contributed by atoms with Crippen molar-refractivity contribution in [1.82, 2.24) is 0 Å². The van der Waals surface area contributed by atoms with Crippen molar-refractivity contribution < 1.29 is 35.9 Å². The van der Waals surface area contributed by atoms with Gasteiger partial charge in [-0.25, -0.2) is 0 Å². The number of hydrogen-bond donors (Lipinski definition) is 1. The van der Waals surface area contributed by atoms with Crippen LogP contribution in [0.25, 0.3) is 0 Å². The Morgan fingerprint density at radius 2 is 1.48 bits per heavy atom. The van der Waals surface area contributed by atoms with Crippen LogP contribution < -0.4 is 10.1 Å². The van der Waals surface area contributed by atoms with Gasteiger partial charge < -0.3 is 10.1 Å². The van der Waals surface area contributed by atoms with E-state index in [2.05, 4.69) is 37.2 Å². The Kier molecular flexibility index (Phi) is 7.01. The standard InChI is InChI=1S/C17H9Br2F6NO2S/c1-7(27)28-14-12(5-10(18)6-13(14)19)15(29)26-11-3-8(16(20,21)22)2-9(4-11)17(23,24)25/h2-6H,1H3,(H,26,29). The maximum atomic E-state index is 13.0. The fourth-order valence-corrected chi connectivity index (χ4v) is 3.78. The van der Waals surface area contributed by atoms with Crippen LogP contribution in [0.5, 0.6) is 5.75 Å². The molecule has 0 radical (unpaired) electrons. The van der Waals surface area contributed by atoms with E-state index in [1.165, 1.54) is 12.1 Å². The molecule has 0 saturated carbocycles. The van der Waals surface area contributed by atoms with Gasteiger partial charge >= 0.3 is 18.3 Å². The third-order valence-electron chi connectivity index (χ3n) is 3.34. The average Bonchev–Trinajstić information content (AvgIpc) is 2.54. The Morgan fingerprint density at radius 1 is 0.966 bits per heavy atom. The molecule has 0 spiro atoms. The third kappa shape index (κ3) is 6.16. The molecule has 0 aromatic heterocycles. The van der Waals surface area contributed by atoms with Gasteiger partial charge in [0.05, 0.1) is 21.2 Å². The fourth-order valence-electron chi connectivity index (χ4n) is 2.20. The van der Waals surface area contributed by atoms with E-state index in [0.29, 0.717) is 21.1 Å². The first-order valence-electron chi connectivity index (χ1n) is 7.47. The molecule has 1 N–H and O–H groups in total. The molecule has 3 nitrogen and oxygen atoms in total. The van der Waals surface area contributed by atoms with E-state index in [9.17, 15) is 31.1 Å². The predicted octanol–water partition coefficient (Wildman–Crippen LogP) is 6.96. The van der Waals surface area contributed by atoms with E-state index in [-0.39, 0.29) is 22.4 Å². The monoisotopic (exact) mass is 563 g/mol. The molecule has 12 heteroatoms. The number of halogens is 8. The number of benzene rings is 2. The molecule has 0 aliphatic carbocycles. The van der Waals surface area contributed by atoms with Crippen molar-refractivity contribution in [3.8, 4) is 5.75 Å². The average molecular weight is 565 g/mol. The molecular formula is C17H9Br2F6NO2S. The summed E-state index contributed by atoms with van der Waals surface area (Å²) in [5.41, 5.74) is -3.44. The van der Waals surface area contributed by atoms with Crippen LogP contribution in [0.15, 0.2) is 39.3 Å². The zero-order valence-corrected chi connectivity index (χ0v) is 18.1. The summed E-state index contributed by atoms with van der Waals surface area (Å²) < 4.78 is 83.9. The van der Waals surface area contributed by atoms with E-state index in [1.807, 2.05) is 0 Å². The summed E-state index contributed by atoms with van der Waals surface area (Å²) in [5.74, 6) is -0.739. The van der Waals surface area contributed by atoms with Gasteiger partial charge in [0.15, 0.2) is 5.75 Å². The molecule has 0 aliphatic rings. The maximum Gasteiger partial charge on any atom is 0.416 e. The molecule has 0 bridgehead atoms. The van der Waals surface area contributed by atoms with Crippen LogP contribution >= 0.6 is 44.1 Å². The van der Waals surface area contributed by atoms with Crippen LogP contribution in [0.2, 0.25) is 0 Å². The highest BCUT2D eigenvalue weighted by molar-refractivity contribution is 9.11. The van der Waals surface area contributed by atoms with E-state index in [0.717, 1.165) is 6.92 Å². The second-order valence-electron chi connectivity index (χ2n) is 5.61. The van der Waals surface area contributed by atoms with Crippen molar-refractivity contribution in [2.24, 2.45) is 0 Å². The van der Waals surface area contributed by atoms with E-state index in [4.69, 9.17) is 17.0 Å². The quantitative estimate of drug-likeness (QED) is 0.189. The number of ether oxygens (including phenoxy) is 1. The summed E-state index contributed by atoms with van der Waals surface area (Å²) in [4.78, 5) is 11.1. The lowest BCUT2D eigenvalue weighted by Gasteiger charge is -2.17. The number of hydrogen-bond acceptors (Lipinski definition) is 3. The number of carbonyl (C=O) groups is 1. The normalized spacial score (nSPS) is 11.9. The fraction of sp³-hybridized carbons (Fsp3) is 0.176. The largest absolute Gasteiger partial charge is 0.425 e. The smallest absolute Gasteiger partial charge is 0.416 e. The Balaban J connectivity index is 2.52. The van der Waals surface area contributed by atoms with Gasteiger partial charge in [-0.2, -0.15) is 26.3 Å². The lowest BCUT2D eigenvalue weighted by atomic mass is 10.1. The molecule has 0 atom stereocenters. The van der Waals surface area contributed by atoms with Crippen LogP contribution in [-0.4, -0.2) is 11.0 Å². The first-order valence-corrected chi connectivity index (χ1v) is 9.46. The number of esters is 1. The molecule has 0 heterocycles. The van der Waals surface area contributed by atoms with Crippen molar-refractivity contribution in [3.05, 3.63) is 56.0 Å². The number of rotatable bonds is 3. The number of thiocarbonyl (C=S) groups is 1. The van der Waals surface area contributed by atoms with Crippen LogP contribution in [0.3, 0.4) is 0 Å². The van der Waals surface area contributed by atoms with Gasteiger partial charge in [0, 0.05) is 17.1 Å². The lowest BCUT2D eigenvalue weighted by Crippen LogP contribution is -2.17. The molecule has 156 valence electrons. The highest BCUT2D eigenvalue weighted by Gasteiger charge is 2.37. The van der Waals surface area contributed by atoms with E-state index < -0.39 is 35.1 Å². The van der Waals surface area contributed by atoms with Crippen LogP contribution in [0, 0.1) is 0 Å². The Hall–Kier alpha value is -1.66. The van der Waals surface area contributed by atoms with Gasteiger partial charge in [-0.05, 0) is 46.3 Å². The minimum absolute atomic E-state index is 0.00815. The molecule has 29 heavy (non-hydrogen) atoms. The Bertz CT molecular complexity index is 943. The predicted molar refractivity (Wildman–Crippen MR) is 105 cm³/mol. The number of alkyl halides is 6. The SMILES string of the molecule is CC(=O)Oc1c(Br)cc(Br)cc1C(=S)Nc1cc(C(F)(F)F)cc(C(F)(F)F)c1. The van der Waals surface area contributed by atoms with Crippen molar-refractivity contribution >= 4 is 60.7 Å². The third-order valence-corrected chi connectivity index (χ3v) is 4.71. The van der Waals surface area contributed by atoms with Crippen molar-refractivity contribution in [1.29, 1.82) is 0 Å². The summed E-state index contributed by atoms with van der Waals surface area (Å²) in [6.45, 7) is 1.12. The first-order chi connectivity index (χ1) is 13.2. The van der Waals surface area contributed by atoms with Crippen LogP contribution in [-0.2, 0) is 17.1 Å². The van der Waals surface area contributed by atoms with E-state index >= 15 is 0 Å². The summed E-state index contributed by atoms with van der Waals surface area (Å²) in [7, 11) is 0. The minimum Gasteiger partial charge on any atom is -0.425 e. The van der Waals surface area contributed by atoms with Gasteiger partial charge in [0.25, 0.3) is 0 Å². The number of nitrogens with one attached hydrogen (secondary N) is 1. The van der Waals surface area contributed by atoms with Gasteiger partial charge in [-0.15, -0.1) is 0 Å². The van der Waals surface area contributed by atoms with Gasteiger partial charge in [-0.1, -0.05) is 28.1 Å². The zero-order chi connectivity index (χ0) is 22.1. The second-order valence-corrected chi connectivity index (χ2v) is 7.78. The summed E-state index contributed by atoms with van der Waals surface area (Å²) in [6, 6.07) is 3.93. The highest BCUT2D eigenvalue weighted by Crippen LogP contribution is 2.38. The molecule has 2 aromatic carbocycles. The maximum absolute atomic E-state index is 13.0. The topological polar surface area (TPSA) is 38.3 Å². The molecular weight excluding hydrogens is 556 g/mol. The molecule has 0 aliphatic heterocycles. The summed E-state index contributed by atoms with van der Waals surface area (Å²) in [5, 5.41) is 2.35. The van der Waals surface area contributed by atoms with E-state index in [1.54, 1.807) is 0 Å². The first kappa shape index (κ1) is 23.6. The highest BCUT2D eigenvalue weighted by atomic mass is 79.9.